The van der Waals surface area contributed by atoms with E-state index in [1.54, 1.807) is 24.5 Å². The number of likely N-dealkylation sites (tertiary alicyclic amines) is 1. The number of benzene rings is 1. The van der Waals surface area contributed by atoms with E-state index in [0.29, 0.717) is 38.1 Å². The number of urea groups is 1. The molecule has 36 heavy (non-hydrogen) atoms. The van der Waals surface area contributed by atoms with Gasteiger partial charge in [0.25, 0.3) is 5.91 Å². The Labute approximate surface area is 211 Å². The average molecular weight is 489 g/mol. The van der Waals surface area contributed by atoms with Gasteiger partial charge in [-0.2, -0.15) is 0 Å². The summed E-state index contributed by atoms with van der Waals surface area (Å²) < 4.78 is 10.7. The molecule has 2 aliphatic rings. The fourth-order valence-corrected chi connectivity index (χ4v) is 5.29. The van der Waals surface area contributed by atoms with Crippen LogP contribution >= 0.6 is 0 Å². The maximum Gasteiger partial charge on any atom is 0.328 e. The number of hydrogen-bond acceptors (Lipinski definition) is 6. The van der Waals surface area contributed by atoms with Crippen molar-refractivity contribution in [2.45, 2.75) is 37.9 Å². The van der Waals surface area contributed by atoms with Gasteiger partial charge < -0.3 is 14.1 Å². The van der Waals surface area contributed by atoms with Gasteiger partial charge in [-0.15, -0.1) is 0 Å². The fourth-order valence-electron chi connectivity index (χ4n) is 5.29. The fraction of sp³-hybridized carbons (Fsp3) is 0.393. The molecule has 1 aromatic carbocycles. The first-order chi connectivity index (χ1) is 17.6. The summed E-state index contributed by atoms with van der Waals surface area (Å²) in [7, 11) is 1.65. The third-order valence-corrected chi connectivity index (χ3v) is 7.25. The Balaban J connectivity index is 1.27. The molecule has 0 unspecified atom stereocenters. The molecule has 0 N–H and O–H groups in total. The maximum atomic E-state index is 13.7. The number of rotatable bonds is 9. The number of methoxy groups -OCH3 is 1. The molecule has 4 heterocycles. The van der Waals surface area contributed by atoms with Crippen LogP contribution in [0.3, 0.4) is 0 Å². The summed E-state index contributed by atoms with van der Waals surface area (Å²) in [4.78, 5) is 37.0. The Bertz CT molecular complexity index is 1160. The van der Waals surface area contributed by atoms with Crippen LogP contribution in [0.1, 0.15) is 30.5 Å². The number of carbonyl (C=O) groups excluding carboxylic acids is 2. The van der Waals surface area contributed by atoms with Gasteiger partial charge in [-0.25, -0.2) is 4.79 Å². The molecular formula is C28H32N4O4. The molecule has 2 saturated heterocycles. The third-order valence-electron chi connectivity index (χ3n) is 7.25. The number of furan rings is 1. The van der Waals surface area contributed by atoms with E-state index in [-0.39, 0.29) is 18.5 Å². The first-order valence-electron chi connectivity index (χ1n) is 12.5. The second-order valence-corrected chi connectivity index (χ2v) is 9.47. The van der Waals surface area contributed by atoms with Gasteiger partial charge in [0, 0.05) is 51.7 Å². The minimum Gasteiger partial charge on any atom is -0.464 e. The van der Waals surface area contributed by atoms with E-state index in [1.165, 1.54) is 10.5 Å². The zero-order valence-corrected chi connectivity index (χ0v) is 20.6. The lowest BCUT2D eigenvalue weighted by Gasteiger charge is -2.42. The van der Waals surface area contributed by atoms with Crippen molar-refractivity contribution in [2.24, 2.45) is 0 Å². The summed E-state index contributed by atoms with van der Waals surface area (Å²) in [6.07, 6.45) is 5.30. The number of amides is 3. The Morgan fingerprint density at radius 2 is 1.81 bits per heavy atom. The van der Waals surface area contributed by atoms with E-state index in [4.69, 9.17) is 9.15 Å². The number of ether oxygens (including phenoxy) is 1. The van der Waals surface area contributed by atoms with Gasteiger partial charge in [-0.3, -0.25) is 19.6 Å². The Hall–Kier alpha value is -3.49. The van der Waals surface area contributed by atoms with E-state index in [2.05, 4.69) is 34.1 Å². The molecule has 0 saturated carbocycles. The standard InChI is InChI=1S/C28H32N4O4/c1-35-18-5-15-32-27(34)31(21-24-6-2-3-14-29-24)26(33)28(32)12-16-30(17-13-28)20-22-8-10-23(11-9-22)25-7-4-19-36-25/h2-4,6-11,14,19H,5,12-13,15-18,20-21H2,1H3. The highest BCUT2D eigenvalue weighted by molar-refractivity contribution is 6.07. The molecular weight excluding hydrogens is 456 g/mol. The molecule has 5 rings (SSSR count). The molecule has 3 amide bonds. The predicted octanol–water partition coefficient (Wildman–Crippen LogP) is 4.18. The Kier molecular flexibility index (Phi) is 7.16. The zero-order valence-electron chi connectivity index (χ0n) is 20.6. The molecule has 2 fully saturated rings. The van der Waals surface area contributed by atoms with Crippen LogP contribution in [0.4, 0.5) is 4.79 Å². The van der Waals surface area contributed by atoms with E-state index >= 15 is 0 Å². The van der Waals surface area contributed by atoms with Gasteiger partial charge in [-0.1, -0.05) is 30.3 Å². The van der Waals surface area contributed by atoms with Crippen LogP contribution in [-0.4, -0.2) is 70.5 Å². The predicted molar refractivity (Wildman–Crippen MR) is 135 cm³/mol. The van der Waals surface area contributed by atoms with Crippen molar-refractivity contribution in [3.05, 3.63) is 78.3 Å². The Morgan fingerprint density at radius 3 is 2.47 bits per heavy atom. The summed E-state index contributed by atoms with van der Waals surface area (Å²) in [6.45, 7) is 3.55. The van der Waals surface area contributed by atoms with Gasteiger partial charge in [0.15, 0.2) is 0 Å². The number of hydrogen-bond donors (Lipinski definition) is 0. The normalized spacial score (nSPS) is 17.9. The van der Waals surface area contributed by atoms with Crippen LogP contribution in [0.25, 0.3) is 11.3 Å². The molecule has 8 nitrogen and oxygen atoms in total. The number of pyridine rings is 1. The summed E-state index contributed by atoms with van der Waals surface area (Å²) >= 11 is 0. The van der Waals surface area contributed by atoms with Crippen molar-refractivity contribution >= 4 is 11.9 Å². The van der Waals surface area contributed by atoms with Gasteiger partial charge in [-0.05, 0) is 49.1 Å². The molecule has 0 aliphatic carbocycles. The van der Waals surface area contributed by atoms with Gasteiger partial charge in [0.2, 0.25) is 0 Å². The number of piperidine rings is 1. The van der Waals surface area contributed by atoms with Gasteiger partial charge >= 0.3 is 6.03 Å². The van der Waals surface area contributed by atoms with Crippen molar-refractivity contribution in [3.8, 4) is 11.3 Å². The monoisotopic (exact) mass is 488 g/mol. The highest BCUT2D eigenvalue weighted by atomic mass is 16.5. The number of imide groups is 1. The van der Waals surface area contributed by atoms with Crippen molar-refractivity contribution in [3.63, 3.8) is 0 Å². The first kappa shape index (κ1) is 24.2. The molecule has 1 spiro atoms. The topological polar surface area (TPSA) is 79.1 Å². The summed E-state index contributed by atoms with van der Waals surface area (Å²) in [5.74, 6) is 0.757. The lowest BCUT2D eigenvalue weighted by molar-refractivity contribution is -0.136. The SMILES string of the molecule is COCCCN1C(=O)N(Cc2ccccn2)C(=O)C12CCN(Cc1ccc(-c3ccco3)cc1)CC2. The van der Waals surface area contributed by atoms with E-state index in [1.807, 2.05) is 30.3 Å². The number of aromatic nitrogens is 1. The smallest absolute Gasteiger partial charge is 0.328 e. The highest BCUT2D eigenvalue weighted by Crippen LogP contribution is 2.38. The van der Waals surface area contributed by atoms with Crippen LogP contribution in [0.15, 0.2) is 71.5 Å². The molecule has 3 aromatic rings. The Morgan fingerprint density at radius 1 is 1.00 bits per heavy atom. The zero-order chi connectivity index (χ0) is 25.0. The second-order valence-electron chi connectivity index (χ2n) is 9.47. The van der Waals surface area contributed by atoms with Crippen LogP contribution in [-0.2, 0) is 22.6 Å². The van der Waals surface area contributed by atoms with Crippen molar-refractivity contribution < 1.29 is 18.7 Å². The lowest BCUT2D eigenvalue weighted by Crippen LogP contribution is -2.56. The summed E-state index contributed by atoms with van der Waals surface area (Å²) in [5, 5.41) is 0. The highest BCUT2D eigenvalue weighted by Gasteiger charge is 2.57. The molecule has 2 aromatic heterocycles. The lowest BCUT2D eigenvalue weighted by atomic mass is 9.85. The van der Waals surface area contributed by atoms with Crippen molar-refractivity contribution in [1.82, 2.24) is 19.7 Å². The largest absolute Gasteiger partial charge is 0.464 e. The molecule has 0 radical (unpaired) electrons. The molecule has 8 heteroatoms. The summed E-state index contributed by atoms with van der Waals surface area (Å²) in [5.41, 5.74) is 2.18. The molecule has 0 bridgehead atoms. The third kappa shape index (κ3) is 4.79. The quantitative estimate of drug-likeness (QED) is 0.332. The van der Waals surface area contributed by atoms with Crippen LogP contribution in [0.2, 0.25) is 0 Å². The molecule has 0 atom stereocenters. The number of carbonyl (C=O) groups is 2. The number of nitrogens with zero attached hydrogens (tertiary/aromatic N) is 4. The van der Waals surface area contributed by atoms with Gasteiger partial charge in [0.1, 0.15) is 11.3 Å². The van der Waals surface area contributed by atoms with Crippen molar-refractivity contribution in [1.29, 1.82) is 0 Å². The van der Waals surface area contributed by atoms with E-state index in [9.17, 15) is 9.59 Å². The second kappa shape index (κ2) is 10.6. The first-order valence-corrected chi connectivity index (χ1v) is 12.5. The minimum atomic E-state index is -0.792. The van der Waals surface area contributed by atoms with E-state index in [0.717, 1.165) is 31.0 Å². The van der Waals surface area contributed by atoms with Crippen molar-refractivity contribution in [2.75, 3.05) is 33.4 Å². The summed E-state index contributed by atoms with van der Waals surface area (Å²) in [6, 6.07) is 17.6. The minimum absolute atomic E-state index is 0.0991. The van der Waals surface area contributed by atoms with Crippen LogP contribution in [0, 0.1) is 0 Å². The average Bonchev–Trinajstić information content (AvgIpc) is 3.51. The van der Waals surface area contributed by atoms with Crippen LogP contribution in [0.5, 0.6) is 0 Å². The van der Waals surface area contributed by atoms with E-state index < -0.39 is 5.54 Å². The van der Waals surface area contributed by atoms with Crippen LogP contribution < -0.4 is 0 Å². The maximum absolute atomic E-state index is 13.7. The molecule has 2 aliphatic heterocycles. The van der Waals surface area contributed by atoms with Gasteiger partial charge in [0.05, 0.1) is 18.5 Å². The molecule has 188 valence electrons.